The summed E-state index contributed by atoms with van der Waals surface area (Å²) in [5.41, 5.74) is 7.84. The SMILES string of the molecule is NCc1ccc(S(=O)(=O)Nc2nc3ccccc3[nH]2)cc1. The Kier molecular flexibility index (Phi) is 3.36. The van der Waals surface area contributed by atoms with Crippen LogP contribution in [0.15, 0.2) is 53.4 Å². The van der Waals surface area contributed by atoms with Crippen LogP contribution in [0.5, 0.6) is 0 Å². The number of hydrogen-bond donors (Lipinski definition) is 3. The molecule has 0 bridgehead atoms. The molecule has 0 atom stereocenters. The molecule has 0 saturated carbocycles. The Morgan fingerprint density at radius 2 is 1.81 bits per heavy atom. The smallest absolute Gasteiger partial charge is 0.264 e. The van der Waals surface area contributed by atoms with E-state index in [9.17, 15) is 8.42 Å². The number of anilines is 1. The van der Waals surface area contributed by atoms with E-state index in [1.165, 1.54) is 12.1 Å². The molecule has 0 aliphatic rings. The number of para-hydroxylation sites is 2. The number of nitrogens with one attached hydrogen (secondary N) is 2. The zero-order valence-corrected chi connectivity index (χ0v) is 11.9. The average Bonchev–Trinajstić information content (AvgIpc) is 2.88. The van der Waals surface area contributed by atoms with Crippen molar-refractivity contribution in [2.45, 2.75) is 11.4 Å². The van der Waals surface area contributed by atoms with Gasteiger partial charge in [-0.1, -0.05) is 24.3 Å². The molecule has 6 nitrogen and oxygen atoms in total. The van der Waals surface area contributed by atoms with Gasteiger partial charge in [0, 0.05) is 6.54 Å². The van der Waals surface area contributed by atoms with E-state index in [0.717, 1.165) is 11.1 Å². The van der Waals surface area contributed by atoms with Crippen LogP contribution in [0.4, 0.5) is 5.95 Å². The number of aromatic nitrogens is 2. The van der Waals surface area contributed by atoms with E-state index in [2.05, 4.69) is 14.7 Å². The molecular formula is C14H14N4O2S. The monoisotopic (exact) mass is 302 g/mol. The van der Waals surface area contributed by atoms with E-state index in [1.807, 2.05) is 18.2 Å². The van der Waals surface area contributed by atoms with Crippen LogP contribution in [0, 0.1) is 0 Å². The molecule has 21 heavy (non-hydrogen) atoms. The van der Waals surface area contributed by atoms with Gasteiger partial charge in [0.2, 0.25) is 5.95 Å². The van der Waals surface area contributed by atoms with Gasteiger partial charge in [-0.3, -0.25) is 0 Å². The molecule has 0 aliphatic heterocycles. The third-order valence-corrected chi connectivity index (χ3v) is 4.44. The number of sulfonamides is 1. The summed E-state index contributed by atoms with van der Waals surface area (Å²) in [5.74, 6) is 0.194. The van der Waals surface area contributed by atoms with E-state index in [-0.39, 0.29) is 10.8 Å². The molecule has 3 rings (SSSR count). The van der Waals surface area contributed by atoms with Crippen molar-refractivity contribution >= 4 is 27.0 Å². The standard InChI is InChI=1S/C14H14N4O2S/c15-9-10-5-7-11(8-6-10)21(19,20)18-14-16-12-3-1-2-4-13(12)17-14/h1-8H,9,15H2,(H2,16,17,18). The van der Waals surface area contributed by atoms with Gasteiger partial charge in [-0.15, -0.1) is 0 Å². The molecule has 0 aliphatic carbocycles. The number of nitrogens with two attached hydrogens (primary N) is 1. The van der Waals surface area contributed by atoms with Crippen molar-refractivity contribution in [3.8, 4) is 0 Å². The first-order valence-electron chi connectivity index (χ1n) is 6.35. The van der Waals surface area contributed by atoms with Crippen LogP contribution in [0.1, 0.15) is 5.56 Å². The van der Waals surface area contributed by atoms with E-state index in [1.54, 1.807) is 18.2 Å². The van der Waals surface area contributed by atoms with Crippen LogP contribution in [0.25, 0.3) is 11.0 Å². The molecule has 0 spiro atoms. The highest BCUT2D eigenvalue weighted by atomic mass is 32.2. The highest BCUT2D eigenvalue weighted by Gasteiger charge is 2.16. The lowest BCUT2D eigenvalue weighted by Crippen LogP contribution is -2.14. The number of aromatic amines is 1. The minimum absolute atomic E-state index is 0.167. The summed E-state index contributed by atoms with van der Waals surface area (Å²) >= 11 is 0. The predicted octanol–water partition coefficient (Wildman–Crippen LogP) is 1.82. The van der Waals surface area contributed by atoms with Gasteiger partial charge in [0.1, 0.15) is 0 Å². The lowest BCUT2D eigenvalue weighted by atomic mass is 10.2. The molecule has 7 heteroatoms. The summed E-state index contributed by atoms with van der Waals surface area (Å²) in [6, 6.07) is 13.7. The maximum atomic E-state index is 12.3. The number of nitrogens with zero attached hydrogens (tertiary/aromatic N) is 1. The van der Waals surface area contributed by atoms with Crippen molar-refractivity contribution < 1.29 is 8.42 Å². The number of hydrogen-bond acceptors (Lipinski definition) is 4. The van der Waals surface area contributed by atoms with Crippen molar-refractivity contribution in [3.05, 3.63) is 54.1 Å². The fourth-order valence-corrected chi connectivity index (χ4v) is 2.96. The Morgan fingerprint density at radius 3 is 2.48 bits per heavy atom. The Bertz CT molecular complexity index is 836. The first kappa shape index (κ1) is 13.6. The third kappa shape index (κ3) is 2.74. The third-order valence-electron chi connectivity index (χ3n) is 3.09. The van der Waals surface area contributed by atoms with Gasteiger partial charge in [0.15, 0.2) is 0 Å². The van der Waals surface area contributed by atoms with Crippen molar-refractivity contribution in [2.75, 3.05) is 4.72 Å². The zero-order chi connectivity index (χ0) is 14.9. The highest BCUT2D eigenvalue weighted by molar-refractivity contribution is 7.92. The quantitative estimate of drug-likeness (QED) is 0.684. The molecule has 0 radical (unpaired) electrons. The first-order chi connectivity index (χ1) is 10.1. The maximum absolute atomic E-state index is 12.3. The van der Waals surface area contributed by atoms with Gasteiger partial charge in [0.05, 0.1) is 15.9 Å². The van der Waals surface area contributed by atoms with Crippen molar-refractivity contribution in [1.29, 1.82) is 0 Å². The second-order valence-electron chi connectivity index (χ2n) is 4.56. The largest absolute Gasteiger partial charge is 0.326 e. The van der Waals surface area contributed by atoms with Gasteiger partial charge in [0.25, 0.3) is 10.0 Å². The minimum Gasteiger partial charge on any atom is -0.326 e. The summed E-state index contributed by atoms with van der Waals surface area (Å²) in [7, 11) is -3.67. The van der Waals surface area contributed by atoms with Crippen molar-refractivity contribution in [3.63, 3.8) is 0 Å². The van der Waals surface area contributed by atoms with E-state index in [0.29, 0.717) is 12.1 Å². The van der Waals surface area contributed by atoms with Crippen LogP contribution in [0.3, 0.4) is 0 Å². The summed E-state index contributed by atoms with van der Waals surface area (Å²) in [6.45, 7) is 0.372. The number of benzene rings is 2. The molecule has 3 aromatic rings. The summed E-state index contributed by atoms with van der Waals surface area (Å²) < 4.78 is 27.0. The Morgan fingerprint density at radius 1 is 1.10 bits per heavy atom. The van der Waals surface area contributed by atoms with Crippen molar-refractivity contribution in [1.82, 2.24) is 9.97 Å². The van der Waals surface area contributed by atoms with E-state index < -0.39 is 10.0 Å². The molecule has 1 heterocycles. The Balaban J connectivity index is 1.91. The molecule has 0 unspecified atom stereocenters. The minimum atomic E-state index is -3.67. The maximum Gasteiger partial charge on any atom is 0.264 e. The van der Waals surface area contributed by atoms with Gasteiger partial charge in [-0.25, -0.2) is 18.1 Å². The first-order valence-corrected chi connectivity index (χ1v) is 7.83. The summed E-state index contributed by atoms with van der Waals surface area (Å²) in [5, 5.41) is 0. The van der Waals surface area contributed by atoms with Gasteiger partial charge in [-0.2, -0.15) is 0 Å². The number of rotatable bonds is 4. The van der Waals surface area contributed by atoms with Gasteiger partial charge < -0.3 is 10.7 Å². The van der Waals surface area contributed by atoms with Crippen LogP contribution in [-0.4, -0.2) is 18.4 Å². The molecule has 0 saturated heterocycles. The highest BCUT2D eigenvalue weighted by Crippen LogP contribution is 2.18. The van der Waals surface area contributed by atoms with Gasteiger partial charge >= 0.3 is 0 Å². The summed E-state index contributed by atoms with van der Waals surface area (Å²) in [4.78, 5) is 7.28. The molecular weight excluding hydrogens is 288 g/mol. The molecule has 0 fully saturated rings. The number of H-pyrrole nitrogens is 1. The number of imidazole rings is 1. The molecule has 1 aromatic heterocycles. The Hall–Kier alpha value is -2.38. The van der Waals surface area contributed by atoms with Gasteiger partial charge in [-0.05, 0) is 29.8 Å². The molecule has 4 N–H and O–H groups in total. The van der Waals surface area contributed by atoms with Crippen molar-refractivity contribution in [2.24, 2.45) is 5.73 Å². The van der Waals surface area contributed by atoms with E-state index in [4.69, 9.17) is 5.73 Å². The van der Waals surface area contributed by atoms with Crippen LogP contribution >= 0.6 is 0 Å². The van der Waals surface area contributed by atoms with E-state index >= 15 is 0 Å². The number of fused-ring (bicyclic) bond motifs is 1. The van der Waals surface area contributed by atoms with Crippen LogP contribution in [-0.2, 0) is 16.6 Å². The molecule has 2 aromatic carbocycles. The normalized spacial score (nSPS) is 11.7. The summed E-state index contributed by atoms with van der Waals surface area (Å²) in [6.07, 6.45) is 0. The predicted molar refractivity (Wildman–Crippen MR) is 81.2 cm³/mol. The second kappa shape index (κ2) is 5.19. The second-order valence-corrected chi connectivity index (χ2v) is 6.24. The topological polar surface area (TPSA) is 101 Å². The Labute approximate surface area is 122 Å². The average molecular weight is 302 g/mol. The fraction of sp³-hybridized carbons (Fsp3) is 0.0714. The zero-order valence-electron chi connectivity index (χ0n) is 11.1. The molecule has 108 valence electrons. The van der Waals surface area contributed by atoms with Crippen LogP contribution in [0.2, 0.25) is 0 Å². The lowest BCUT2D eigenvalue weighted by Gasteiger charge is -2.05. The fourth-order valence-electron chi connectivity index (χ4n) is 1.99. The van der Waals surface area contributed by atoms with Crippen LogP contribution < -0.4 is 10.5 Å². The molecule has 0 amide bonds. The lowest BCUT2D eigenvalue weighted by molar-refractivity contribution is 0.601.